The lowest BCUT2D eigenvalue weighted by Gasteiger charge is -2.09. The molecule has 0 amide bonds. The molecule has 0 bridgehead atoms. The van der Waals surface area contributed by atoms with Crippen molar-refractivity contribution in [3.8, 4) is 5.75 Å². The molecule has 0 saturated heterocycles. The third-order valence-electron chi connectivity index (χ3n) is 1.89. The number of methoxy groups -OCH3 is 1. The molecule has 0 fully saturated rings. The van der Waals surface area contributed by atoms with Crippen LogP contribution in [0.5, 0.6) is 5.75 Å². The van der Waals surface area contributed by atoms with E-state index in [4.69, 9.17) is 39.5 Å². The molecule has 0 aromatic heterocycles. The van der Waals surface area contributed by atoms with Gasteiger partial charge in [0.05, 0.1) is 17.5 Å². The molecule has 1 unspecified atom stereocenters. The minimum absolute atomic E-state index is 0.175. The Balaban J connectivity index is 3.23. The van der Waals surface area contributed by atoms with E-state index in [0.29, 0.717) is 11.3 Å². The molecule has 82 valence electrons. The van der Waals surface area contributed by atoms with Crippen LogP contribution in [0.2, 0.25) is 10.0 Å². The number of hydrogen-bond acceptors (Lipinski definition) is 2. The Morgan fingerprint density at radius 2 is 1.93 bits per heavy atom. The lowest BCUT2D eigenvalue weighted by atomic mass is 10.1. The second-order valence-electron chi connectivity index (χ2n) is 2.92. The van der Waals surface area contributed by atoms with Crippen molar-refractivity contribution in [1.82, 2.24) is 0 Å². The van der Waals surface area contributed by atoms with Crippen LogP contribution in [0.4, 0.5) is 0 Å². The number of halogens is 3. The van der Waals surface area contributed by atoms with Crippen LogP contribution < -0.4 is 4.74 Å². The summed E-state index contributed by atoms with van der Waals surface area (Å²) in [5.74, 6) is 0.173. The zero-order chi connectivity index (χ0) is 11.6. The molecule has 0 heterocycles. The van der Waals surface area contributed by atoms with Gasteiger partial charge in [0, 0.05) is 5.56 Å². The van der Waals surface area contributed by atoms with Gasteiger partial charge in [0.15, 0.2) is 5.78 Å². The first-order valence-electron chi connectivity index (χ1n) is 4.19. The van der Waals surface area contributed by atoms with E-state index in [0.717, 1.165) is 0 Å². The second kappa shape index (κ2) is 5.06. The standard InChI is InChI=1S/C10H9Cl3O2/c1-5(11)10(14)6-3-4-7(15-2)9(13)8(6)12/h3-5H,1-2H3. The summed E-state index contributed by atoms with van der Waals surface area (Å²) >= 11 is 17.5. The van der Waals surface area contributed by atoms with Gasteiger partial charge in [0.1, 0.15) is 10.8 Å². The van der Waals surface area contributed by atoms with Gasteiger partial charge in [0.25, 0.3) is 0 Å². The van der Waals surface area contributed by atoms with E-state index >= 15 is 0 Å². The molecule has 15 heavy (non-hydrogen) atoms. The van der Waals surface area contributed by atoms with E-state index < -0.39 is 5.38 Å². The van der Waals surface area contributed by atoms with Gasteiger partial charge in [-0.25, -0.2) is 0 Å². The molecule has 0 spiro atoms. The van der Waals surface area contributed by atoms with E-state index in [1.165, 1.54) is 7.11 Å². The molecule has 1 aromatic carbocycles. The van der Waals surface area contributed by atoms with Gasteiger partial charge in [-0.2, -0.15) is 0 Å². The van der Waals surface area contributed by atoms with Crippen LogP contribution in [-0.4, -0.2) is 18.3 Å². The van der Waals surface area contributed by atoms with Crippen molar-refractivity contribution >= 4 is 40.6 Å². The topological polar surface area (TPSA) is 26.3 Å². The molecule has 2 nitrogen and oxygen atoms in total. The third kappa shape index (κ3) is 2.57. The van der Waals surface area contributed by atoms with Gasteiger partial charge in [0.2, 0.25) is 0 Å². The zero-order valence-corrected chi connectivity index (χ0v) is 10.5. The zero-order valence-electron chi connectivity index (χ0n) is 8.18. The molecule has 5 heteroatoms. The summed E-state index contributed by atoms with van der Waals surface area (Å²) in [6, 6.07) is 3.13. The molecule has 0 N–H and O–H groups in total. The smallest absolute Gasteiger partial charge is 0.181 e. The first-order valence-corrected chi connectivity index (χ1v) is 5.38. The van der Waals surface area contributed by atoms with Gasteiger partial charge in [-0.3, -0.25) is 4.79 Å². The fourth-order valence-electron chi connectivity index (χ4n) is 1.09. The molecule has 0 aliphatic rings. The summed E-state index contributed by atoms with van der Waals surface area (Å²) in [5.41, 5.74) is 0.310. The number of rotatable bonds is 3. The van der Waals surface area contributed by atoms with Crippen LogP contribution >= 0.6 is 34.8 Å². The van der Waals surface area contributed by atoms with E-state index in [1.54, 1.807) is 19.1 Å². The minimum atomic E-state index is -0.632. The van der Waals surface area contributed by atoms with Crippen LogP contribution in [0.15, 0.2) is 12.1 Å². The Morgan fingerprint density at radius 3 is 2.40 bits per heavy atom. The van der Waals surface area contributed by atoms with E-state index in [2.05, 4.69) is 0 Å². The lowest BCUT2D eigenvalue weighted by molar-refractivity contribution is 0.0992. The number of hydrogen-bond donors (Lipinski definition) is 0. The van der Waals surface area contributed by atoms with Gasteiger partial charge in [-0.15, -0.1) is 11.6 Å². The van der Waals surface area contributed by atoms with Gasteiger partial charge >= 0.3 is 0 Å². The van der Waals surface area contributed by atoms with Crippen LogP contribution in [0.3, 0.4) is 0 Å². The van der Waals surface area contributed by atoms with Crippen molar-refractivity contribution in [1.29, 1.82) is 0 Å². The number of ketones is 1. The van der Waals surface area contributed by atoms with Gasteiger partial charge < -0.3 is 4.74 Å². The van der Waals surface area contributed by atoms with E-state index in [1.807, 2.05) is 0 Å². The summed E-state index contributed by atoms with van der Waals surface area (Å²) in [4.78, 5) is 11.6. The highest BCUT2D eigenvalue weighted by atomic mass is 35.5. The molecule has 0 saturated carbocycles. The van der Waals surface area contributed by atoms with Crippen LogP contribution in [0, 0.1) is 0 Å². The summed E-state index contributed by atoms with van der Waals surface area (Å²) in [7, 11) is 1.48. The molecule has 1 rings (SSSR count). The van der Waals surface area contributed by atoms with Crippen LogP contribution in [0.25, 0.3) is 0 Å². The Kier molecular flexibility index (Phi) is 4.26. The van der Waals surface area contributed by atoms with E-state index in [9.17, 15) is 4.79 Å². The van der Waals surface area contributed by atoms with Crippen molar-refractivity contribution in [3.63, 3.8) is 0 Å². The van der Waals surface area contributed by atoms with Gasteiger partial charge in [-0.05, 0) is 19.1 Å². The highest BCUT2D eigenvalue weighted by molar-refractivity contribution is 6.46. The SMILES string of the molecule is COc1ccc(C(=O)C(C)Cl)c(Cl)c1Cl. The number of carbonyl (C=O) groups is 1. The van der Waals surface area contributed by atoms with Crippen LogP contribution in [0.1, 0.15) is 17.3 Å². The fourth-order valence-corrected chi connectivity index (χ4v) is 1.70. The van der Waals surface area contributed by atoms with E-state index in [-0.39, 0.29) is 15.8 Å². The molecule has 0 aliphatic heterocycles. The molecular formula is C10H9Cl3O2. The quantitative estimate of drug-likeness (QED) is 0.615. The Hall–Kier alpha value is -0.440. The molecule has 0 aliphatic carbocycles. The van der Waals surface area contributed by atoms with Crippen molar-refractivity contribution in [2.75, 3.05) is 7.11 Å². The third-order valence-corrected chi connectivity index (χ3v) is 2.96. The Morgan fingerprint density at radius 1 is 1.33 bits per heavy atom. The summed E-state index contributed by atoms with van der Waals surface area (Å²) in [5, 5.41) is -0.234. The number of ether oxygens (including phenoxy) is 1. The maximum atomic E-state index is 11.6. The monoisotopic (exact) mass is 266 g/mol. The predicted octanol–water partition coefficient (Wildman–Crippen LogP) is 3.81. The molecular weight excluding hydrogens is 258 g/mol. The number of benzene rings is 1. The maximum absolute atomic E-state index is 11.6. The van der Waals surface area contributed by atoms with Crippen molar-refractivity contribution in [2.24, 2.45) is 0 Å². The minimum Gasteiger partial charge on any atom is -0.495 e. The van der Waals surface area contributed by atoms with Gasteiger partial charge in [-0.1, -0.05) is 23.2 Å². The van der Waals surface area contributed by atoms with Crippen LogP contribution in [-0.2, 0) is 0 Å². The highest BCUT2D eigenvalue weighted by Crippen LogP contribution is 2.35. The Bertz CT molecular complexity index is 388. The van der Waals surface area contributed by atoms with Crippen molar-refractivity contribution in [2.45, 2.75) is 12.3 Å². The predicted molar refractivity (Wildman–Crippen MR) is 62.7 cm³/mol. The average molecular weight is 268 g/mol. The normalized spacial score (nSPS) is 12.3. The number of carbonyl (C=O) groups excluding carboxylic acids is 1. The number of Topliss-reactive ketones (excluding diaryl/α,β-unsaturated/α-hetero) is 1. The summed E-state index contributed by atoms with van der Waals surface area (Å²) in [6.07, 6.45) is 0. The first kappa shape index (κ1) is 12.6. The molecule has 1 atom stereocenters. The number of alkyl halides is 1. The highest BCUT2D eigenvalue weighted by Gasteiger charge is 2.19. The van der Waals surface area contributed by atoms with Crippen molar-refractivity contribution < 1.29 is 9.53 Å². The fraction of sp³-hybridized carbons (Fsp3) is 0.300. The van der Waals surface area contributed by atoms with Crippen molar-refractivity contribution in [3.05, 3.63) is 27.7 Å². The second-order valence-corrected chi connectivity index (χ2v) is 4.33. The first-order chi connectivity index (χ1) is 6.99. The maximum Gasteiger partial charge on any atom is 0.181 e. The Labute approximate surface area is 103 Å². The lowest BCUT2D eigenvalue weighted by Crippen LogP contribution is -2.11. The molecule has 0 radical (unpaired) electrons. The largest absolute Gasteiger partial charge is 0.495 e. The molecule has 1 aromatic rings. The summed E-state index contributed by atoms with van der Waals surface area (Å²) in [6.45, 7) is 1.58. The average Bonchev–Trinajstić information content (AvgIpc) is 2.21. The summed E-state index contributed by atoms with van der Waals surface area (Å²) < 4.78 is 4.96.